The van der Waals surface area contributed by atoms with Crippen molar-refractivity contribution in [2.45, 2.75) is 12.8 Å². The second kappa shape index (κ2) is 6.99. The summed E-state index contributed by atoms with van der Waals surface area (Å²) in [6.45, 7) is 0. The number of halogens is 2. The van der Waals surface area contributed by atoms with Gasteiger partial charge in [-0.3, -0.25) is 9.59 Å². The summed E-state index contributed by atoms with van der Waals surface area (Å²) in [5.41, 5.74) is 0.363. The molecule has 2 aromatic rings. The fraction of sp³-hybridized carbons (Fsp3) is 0.125. The van der Waals surface area contributed by atoms with Gasteiger partial charge in [-0.05, 0) is 36.4 Å². The minimum absolute atomic E-state index is 0.00504. The topological polar surface area (TPSA) is 43.4 Å². The summed E-state index contributed by atoms with van der Waals surface area (Å²) < 4.78 is 17.8. The monoisotopic (exact) mass is 306 g/mol. The molecule has 0 saturated heterocycles. The molecule has 2 rings (SSSR count). The highest BCUT2D eigenvalue weighted by atomic mass is 35.5. The smallest absolute Gasteiger partial charge is 0.311 e. The lowest BCUT2D eigenvalue weighted by molar-refractivity contribution is -0.134. The minimum atomic E-state index is -0.543. The van der Waals surface area contributed by atoms with Crippen LogP contribution in [0, 0.1) is 5.82 Å². The van der Waals surface area contributed by atoms with Gasteiger partial charge in [0.2, 0.25) is 0 Å². The van der Waals surface area contributed by atoms with Gasteiger partial charge in [0, 0.05) is 12.0 Å². The van der Waals surface area contributed by atoms with Gasteiger partial charge in [-0.2, -0.15) is 0 Å². The standard InChI is InChI=1S/C16H12ClFO3/c17-13-3-1-2-4-15(13)21-16(20)10-9-14(19)11-5-7-12(18)8-6-11/h1-8H,9-10H2. The number of hydrogen-bond acceptors (Lipinski definition) is 3. The molecule has 0 aliphatic rings. The summed E-state index contributed by atoms with van der Waals surface area (Å²) in [5, 5.41) is 0.329. The summed E-state index contributed by atoms with van der Waals surface area (Å²) in [5.74, 6) is -0.937. The molecule has 0 N–H and O–H groups in total. The normalized spacial score (nSPS) is 10.2. The van der Waals surface area contributed by atoms with Crippen LogP contribution in [-0.4, -0.2) is 11.8 Å². The Morgan fingerprint density at radius 2 is 1.67 bits per heavy atom. The van der Waals surface area contributed by atoms with E-state index in [1.165, 1.54) is 24.3 Å². The zero-order chi connectivity index (χ0) is 15.2. The maximum absolute atomic E-state index is 12.7. The highest BCUT2D eigenvalue weighted by molar-refractivity contribution is 6.32. The van der Waals surface area contributed by atoms with Crippen molar-refractivity contribution in [3.05, 3.63) is 64.9 Å². The molecule has 0 aromatic heterocycles. The molecule has 0 bridgehead atoms. The van der Waals surface area contributed by atoms with Crippen molar-refractivity contribution in [2.24, 2.45) is 0 Å². The Balaban J connectivity index is 1.88. The number of para-hydroxylation sites is 1. The summed E-state index contributed by atoms with van der Waals surface area (Å²) in [6.07, 6.45) is -0.0731. The van der Waals surface area contributed by atoms with Crippen LogP contribution in [0.3, 0.4) is 0 Å². The van der Waals surface area contributed by atoms with E-state index in [-0.39, 0.29) is 24.4 Å². The van der Waals surface area contributed by atoms with E-state index in [4.69, 9.17) is 16.3 Å². The van der Waals surface area contributed by atoms with Crippen molar-refractivity contribution in [3.8, 4) is 5.75 Å². The van der Waals surface area contributed by atoms with E-state index >= 15 is 0 Å². The molecular weight excluding hydrogens is 295 g/mol. The molecule has 0 spiro atoms. The van der Waals surface area contributed by atoms with Crippen molar-refractivity contribution in [2.75, 3.05) is 0 Å². The van der Waals surface area contributed by atoms with Gasteiger partial charge < -0.3 is 4.74 Å². The highest BCUT2D eigenvalue weighted by Gasteiger charge is 2.12. The number of Topliss-reactive ketones (excluding diaryl/α,β-unsaturated/α-hetero) is 1. The number of benzene rings is 2. The second-order valence-corrected chi connectivity index (χ2v) is 4.74. The van der Waals surface area contributed by atoms with Crippen LogP contribution in [0.25, 0.3) is 0 Å². The molecule has 3 nitrogen and oxygen atoms in total. The SMILES string of the molecule is O=C(CCC(=O)c1ccc(F)cc1)Oc1ccccc1Cl. The van der Waals surface area contributed by atoms with Crippen molar-refractivity contribution in [3.63, 3.8) is 0 Å². The molecule has 0 unspecified atom stereocenters. The van der Waals surface area contributed by atoms with Crippen LogP contribution >= 0.6 is 11.6 Å². The third-order valence-corrected chi connectivity index (χ3v) is 3.10. The summed E-state index contributed by atoms with van der Waals surface area (Å²) in [7, 11) is 0. The molecule has 0 amide bonds. The predicted molar refractivity (Wildman–Crippen MR) is 77.1 cm³/mol. The van der Waals surface area contributed by atoms with E-state index in [2.05, 4.69) is 0 Å². The zero-order valence-electron chi connectivity index (χ0n) is 11.0. The maximum Gasteiger partial charge on any atom is 0.311 e. The van der Waals surface area contributed by atoms with Crippen molar-refractivity contribution >= 4 is 23.4 Å². The Kier molecular flexibility index (Phi) is 5.06. The van der Waals surface area contributed by atoms with E-state index in [1.807, 2.05) is 0 Å². The van der Waals surface area contributed by atoms with Gasteiger partial charge in [0.1, 0.15) is 11.6 Å². The van der Waals surface area contributed by atoms with Crippen LogP contribution < -0.4 is 4.74 Å². The van der Waals surface area contributed by atoms with E-state index in [0.717, 1.165) is 0 Å². The van der Waals surface area contributed by atoms with Crippen LogP contribution in [0.4, 0.5) is 4.39 Å². The first kappa shape index (κ1) is 15.2. The van der Waals surface area contributed by atoms with Gasteiger partial charge >= 0.3 is 5.97 Å². The van der Waals surface area contributed by atoms with Crippen LogP contribution in [0.15, 0.2) is 48.5 Å². The van der Waals surface area contributed by atoms with Crippen LogP contribution in [0.1, 0.15) is 23.2 Å². The zero-order valence-corrected chi connectivity index (χ0v) is 11.8. The third kappa shape index (κ3) is 4.39. The van der Waals surface area contributed by atoms with Crippen molar-refractivity contribution in [1.29, 1.82) is 0 Å². The summed E-state index contributed by atoms with van der Waals surface area (Å²) in [6, 6.07) is 11.8. The average molecular weight is 307 g/mol. The van der Waals surface area contributed by atoms with Crippen LogP contribution in [-0.2, 0) is 4.79 Å². The van der Waals surface area contributed by atoms with E-state index in [1.54, 1.807) is 24.3 Å². The molecular formula is C16H12ClFO3. The molecule has 108 valence electrons. The average Bonchev–Trinajstić information content (AvgIpc) is 2.48. The first-order valence-electron chi connectivity index (χ1n) is 6.30. The predicted octanol–water partition coefficient (Wildman–Crippen LogP) is 4.05. The Morgan fingerprint density at radius 3 is 2.33 bits per heavy atom. The molecule has 2 aromatic carbocycles. The Hall–Kier alpha value is -2.20. The molecule has 0 saturated carbocycles. The second-order valence-electron chi connectivity index (χ2n) is 4.33. The first-order chi connectivity index (χ1) is 10.1. The molecule has 0 fully saturated rings. The van der Waals surface area contributed by atoms with E-state index in [0.29, 0.717) is 10.6 Å². The van der Waals surface area contributed by atoms with Crippen LogP contribution in [0.2, 0.25) is 5.02 Å². The fourth-order valence-corrected chi connectivity index (χ4v) is 1.87. The first-order valence-corrected chi connectivity index (χ1v) is 6.68. The molecule has 0 radical (unpaired) electrons. The van der Waals surface area contributed by atoms with Crippen molar-refractivity contribution < 1.29 is 18.7 Å². The number of carbonyl (C=O) groups is 2. The Morgan fingerprint density at radius 1 is 1.00 bits per heavy atom. The lowest BCUT2D eigenvalue weighted by Crippen LogP contribution is -2.11. The van der Waals surface area contributed by atoms with Gasteiger partial charge in [0.05, 0.1) is 11.4 Å². The number of rotatable bonds is 5. The van der Waals surface area contributed by atoms with E-state index < -0.39 is 11.8 Å². The lowest BCUT2D eigenvalue weighted by atomic mass is 10.1. The summed E-state index contributed by atoms with van der Waals surface area (Å²) in [4.78, 5) is 23.5. The van der Waals surface area contributed by atoms with E-state index in [9.17, 15) is 14.0 Å². The minimum Gasteiger partial charge on any atom is -0.425 e. The fourth-order valence-electron chi connectivity index (χ4n) is 1.70. The Labute approximate surface area is 126 Å². The largest absolute Gasteiger partial charge is 0.425 e. The molecule has 21 heavy (non-hydrogen) atoms. The molecule has 0 heterocycles. The van der Waals surface area contributed by atoms with Gasteiger partial charge in [0.25, 0.3) is 0 Å². The van der Waals surface area contributed by atoms with Gasteiger partial charge in [0.15, 0.2) is 5.78 Å². The summed E-state index contributed by atoms with van der Waals surface area (Å²) >= 11 is 5.86. The maximum atomic E-state index is 12.7. The third-order valence-electron chi connectivity index (χ3n) is 2.78. The number of hydrogen-bond donors (Lipinski definition) is 0. The van der Waals surface area contributed by atoms with Gasteiger partial charge in [-0.15, -0.1) is 0 Å². The van der Waals surface area contributed by atoms with Gasteiger partial charge in [-0.1, -0.05) is 23.7 Å². The number of esters is 1. The van der Waals surface area contributed by atoms with Crippen molar-refractivity contribution in [1.82, 2.24) is 0 Å². The number of carbonyl (C=O) groups excluding carboxylic acids is 2. The Bertz CT molecular complexity index is 653. The molecule has 0 aliphatic heterocycles. The van der Waals surface area contributed by atoms with Crippen LogP contribution in [0.5, 0.6) is 5.75 Å². The quantitative estimate of drug-likeness (QED) is 0.475. The number of ether oxygens (including phenoxy) is 1. The molecule has 0 aliphatic carbocycles. The lowest BCUT2D eigenvalue weighted by Gasteiger charge is -2.05. The number of ketones is 1. The molecule has 5 heteroatoms. The highest BCUT2D eigenvalue weighted by Crippen LogP contribution is 2.23. The van der Waals surface area contributed by atoms with Gasteiger partial charge in [-0.25, -0.2) is 4.39 Å². The molecule has 0 atom stereocenters.